The van der Waals surface area contributed by atoms with Gasteiger partial charge in [0.05, 0.1) is 12.1 Å². The van der Waals surface area contributed by atoms with Gasteiger partial charge in [-0.3, -0.25) is 0 Å². The fraction of sp³-hybridized carbons (Fsp3) is 0.400. The predicted octanol–water partition coefficient (Wildman–Crippen LogP) is 7.27. The van der Waals surface area contributed by atoms with Crippen molar-refractivity contribution in [1.29, 1.82) is 0 Å². The Hall–Kier alpha value is -2.78. The molecular formula is C30H43N3. The summed E-state index contributed by atoms with van der Waals surface area (Å²) in [4.78, 5) is 0. The fourth-order valence-electron chi connectivity index (χ4n) is 4.53. The Morgan fingerprint density at radius 1 is 1.24 bits per heavy atom. The number of allylic oxidation sites excluding steroid dienone is 5. The van der Waals surface area contributed by atoms with E-state index in [0.717, 1.165) is 17.7 Å². The normalized spacial score (nSPS) is 22.3. The first-order chi connectivity index (χ1) is 15.8. The molecule has 0 bridgehead atoms. The summed E-state index contributed by atoms with van der Waals surface area (Å²) in [6.07, 6.45) is 15.3. The van der Waals surface area contributed by atoms with Crippen LogP contribution in [0.15, 0.2) is 96.4 Å². The van der Waals surface area contributed by atoms with E-state index in [1.54, 1.807) is 6.08 Å². The van der Waals surface area contributed by atoms with Gasteiger partial charge in [-0.1, -0.05) is 82.8 Å². The van der Waals surface area contributed by atoms with Crippen molar-refractivity contribution in [2.24, 2.45) is 0 Å². The van der Waals surface area contributed by atoms with Crippen LogP contribution in [-0.4, -0.2) is 18.1 Å². The number of rotatable bonds is 4. The van der Waals surface area contributed by atoms with E-state index in [0.29, 0.717) is 6.04 Å². The summed E-state index contributed by atoms with van der Waals surface area (Å²) in [5, 5.41) is 5.45. The van der Waals surface area contributed by atoms with Crippen LogP contribution in [0.4, 0.5) is 0 Å². The molecule has 33 heavy (non-hydrogen) atoms. The van der Waals surface area contributed by atoms with Gasteiger partial charge in [-0.15, -0.1) is 6.58 Å². The molecule has 1 aromatic carbocycles. The lowest BCUT2D eigenvalue weighted by Gasteiger charge is -2.40. The van der Waals surface area contributed by atoms with Gasteiger partial charge in [0.15, 0.2) is 0 Å². The van der Waals surface area contributed by atoms with E-state index in [2.05, 4.69) is 104 Å². The van der Waals surface area contributed by atoms with Gasteiger partial charge in [-0.25, -0.2) is 5.43 Å². The minimum Gasteiger partial charge on any atom is -0.388 e. The zero-order chi connectivity index (χ0) is 24.6. The van der Waals surface area contributed by atoms with Gasteiger partial charge >= 0.3 is 0 Å². The van der Waals surface area contributed by atoms with Crippen molar-refractivity contribution < 1.29 is 0 Å². The van der Waals surface area contributed by atoms with E-state index < -0.39 is 0 Å². The summed E-state index contributed by atoms with van der Waals surface area (Å²) in [6.45, 7) is 20.1. The molecule has 0 aromatic heterocycles. The van der Waals surface area contributed by atoms with E-state index >= 15 is 0 Å². The van der Waals surface area contributed by atoms with Crippen molar-refractivity contribution in [1.82, 2.24) is 15.8 Å². The van der Waals surface area contributed by atoms with Crippen LogP contribution in [0.3, 0.4) is 0 Å². The Kier molecular flexibility index (Phi) is 9.55. The third-order valence-corrected chi connectivity index (χ3v) is 6.34. The molecule has 2 atom stereocenters. The fourth-order valence-corrected chi connectivity index (χ4v) is 4.53. The number of likely N-dealkylation sites (N-methyl/N-ethyl adjacent to an activating group) is 1. The molecular weight excluding hydrogens is 402 g/mol. The number of benzene rings is 1. The Bertz CT molecular complexity index is 959. The van der Waals surface area contributed by atoms with E-state index in [4.69, 9.17) is 0 Å². The lowest BCUT2D eigenvalue weighted by atomic mass is 9.71. The molecule has 0 radical (unpaired) electrons. The Balaban J connectivity index is 0.000000714. The van der Waals surface area contributed by atoms with Gasteiger partial charge in [0.25, 0.3) is 0 Å². The number of hydrogen-bond acceptors (Lipinski definition) is 3. The summed E-state index contributed by atoms with van der Waals surface area (Å²) in [5.41, 5.74) is 11.5. The van der Waals surface area contributed by atoms with Crippen molar-refractivity contribution in [3.8, 4) is 0 Å². The maximum Gasteiger partial charge on any atom is 0.0711 e. The topological polar surface area (TPSA) is 27.3 Å². The van der Waals surface area contributed by atoms with E-state index in [1.165, 1.54) is 28.7 Å². The third kappa shape index (κ3) is 6.17. The molecule has 2 unspecified atom stereocenters. The maximum atomic E-state index is 4.05. The van der Waals surface area contributed by atoms with Crippen LogP contribution in [0, 0.1) is 0 Å². The second kappa shape index (κ2) is 11.9. The molecule has 1 heterocycles. The standard InChI is InChI=1S/C25H31N3.C3H6.C2H6/c1-17(18(2)26-5)14-19-10-11-23-20(15-19)16-28(27-23)24-12-13-25(3,4)22-9-7-6-8-21(22)24;1-3-2;1-2/h6-11,14-16,23-24,26-27H,2,12-13H2,1,3-5H3;3H,1H2,2H3;1-2H3/b17-14+;;. The van der Waals surface area contributed by atoms with Crippen molar-refractivity contribution in [3.63, 3.8) is 0 Å². The van der Waals surface area contributed by atoms with Crippen LogP contribution >= 0.6 is 0 Å². The lowest BCUT2D eigenvalue weighted by molar-refractivity contribution is 0.174. The molecule has 3 heteroatoms. The third-order valence-electron chi connectivity index (χ3n) is 6.34. The van der Waals surface area contributed by atoms with Crippen LogP contribution in [0.25, 0.3) is 0 Å². The average Bonchev–Trinajstić information content (AvgIpc) is 3.23. The number of hydrazine groups is 1. The first kappa shape index (κ1) is 26.5. The van der Waals surface area contributed by atoms with Crippen LogP contribution in [0.1, 0.15) is 71.6 Å². The molecule has 3 aliphatic rings. The molecule has 0 amide bonds. The van der Waals surface area contributed by atoms with Crippen LogP contribution in [-0.2, 0) is 5.41 Å². The van der Waals surface area contributed by atoms with Gasteiger partial charge in [0.2, 0.25) is 0 Å². The zero-order valence-electron chi connectivity index (χ0n) is 21.7. The van der Waals surface area contributed by atoms with E-state index in [9.17, 15) is 0 Å². The van der Waals surface area contributed by atoms with Gasteiger partial charge in [-0.2, -0.15) is 0 Å². The molecule has 1 aliphatic heterocycles. The second-order valence-corrected chi connectivity index (χ2v) is 9.14. The molecule has 1 aromatic rings. The highest BCUT2D eigenvalue weighted by molar-refractivity contribution is 5.50. The Morgan fingerprint density at radius 2 is 1.91 bits per heavy atom. The lowest BCUT2D eigenvalue weighted by Crippen LogP contribution is -2.41. The van der Waals surface area contributed by atoms with Crippen molar-refractivity contribution in [2.75, 3.05) is 7.05 Å². The van der Waals surface area contributed by atoms with E-state index in [1.807, 2.05) is 27.8 Å². The molecule has 2 N–H and O–H groups in total. The number of nitrogens with one attached hydrogen (secondary N) is 2. The minimum absolute atomic E-state index is 0.248. The molecule has 0 saturated heterocycles. The largest absolute Gasteiger partial charge is 0.388 e. The summed E-state index contributed by atoms with van der Waals surface area (Å²) < 4.78 is 0. The monoisotopic (exact) mass is 445 g/mol. The first-order valence-corrected chi connectivity index (χ1v) is 12.2. The Labute approximate surface area is 202 Å². The Morgan fingerprint density at radius 3 is 2.58 bits per heavy atom. The minimum atomic E-state index is 0.248. The highest BCUT2D eigenvalue weighted by Gasteiger charge is 2.36. The second-order valence-electron chi connectivity index (χ2n) is 9.14. The highest BCUT2D eigenvalue weighted by Crippen LogP contribution is 2.44. The van der Waals surface area contributed by atoms with Crippen LogP contribution in [0.2, 0.25) is 0 Å². The molecule has 178 valence electrons. The smallest absolute Gasteiger partial charge is 0.0711 e. The van der Waals surface area contributed by atoms with E-state index in [-0.39, 0.29) is 11.5 Å². The molecule has 4 rings (SSSR count). The van der Waals surface area contributed by atoms with Gasteiger partial charge < -0.3 is 10.3 Å². The van der Waals surface area contributed by atoms with Crippen molar-refractivity contribution in [3.05, 3.63) is 108 Å². The predicted molar refractivity (Wildman–Crippen MR) is 145 cm³/mol. The number of hydrogen-bond donors (Lipinski definition) is 2. The van der Waals surface area contributed by atoms with Gasteiger partial charge in [0.1, 0.15) is 0 Å². The van der Waals surface area contributed by atoms with Crippen molar-refractivity contribution in [2.45, 2.75) is 71.9 Å². The molecule has 0 fully saturated rings. The van der Waals surface area contributed by atoms with Crippen LogP contribution in [0.5, 0.6) is 0 Å². The van der Waals surface area contributed by atoms with Crippen LogP contribution < -0.4 is 10.7 Å². The van der Waals surface area contributed by atoms with Gasteiger partial charge in [0, 0.05) is 18.9 Å². The number of fused-ring (bicyclic) bond motifs is 2. The van der Waals surface area contributed by atoms with Crippen molar-refractivity contribution >= 4 is 0 Å². The SMILES string of the molecule is C=C(NC)/C(C)=C/C1=CC2=CN(C3CCC(C)(C)c4ccccc43)NC2C=C1.C=CC.CC. The molecule has 3 nitrogen and oxygen atoms in total. The zero-order valence-corrected chi connectivity index (χ0v) is 21.7. The maximum absolute atomic E-state index is 4.05. The summed E-state index contributed by atoms with van der Waals surface area (Å²) in [6, 6.07) is 9.59. The highest BCUT2D eigenvalue weighted by atomic mass is 15.5. The summed E-state index contributed by atoms with van der Waals surface area (Å²) >= 11 is 0. The van der Waals surface area contributed by atoms with Gasteiger partial charge in [-0.05, 0) is 66.0 Å². The molecule has 0 saturated carbocycles. The quantitative estimate of drug-likeness (QED) is 0.377. The summed E-state index contributed by atoms with van der Waals surface area (Å²) in [7, 11) is 1.91. The average molecular weight is 446 g/mol. The summed E-state index contributed by atoms with van der Waals surface area (Å²) in [5.74, 6) is 0. The first-order valence-electron chi connectivity index (χ1n) is 12.2. The molecule has 0 spiro atoms. The molecule has 2 aliphatic carbocycles. The number of nitrogens with zero attached hydrogens (tertiary/aromatic N) is 1.